The van der Waals surface area contributed by atoms with E-state index in [-0.39, 0.29) is 17.9 Å². The third-order valence-corrected chi connectivity index (χ3v) is 7.55. The van der Waals surface area contributed by atoms with E-state index in [9.17, 15) is 4.79 Å². The van der Waals surface area contributed by atoms with Crippen molar-refractivity contribution in [3.8, 4) is 23.1 Å². The van der Waals surface area contributed by atoms with E-state index in [1.54, 1.807) is 11.8 Å². The van der Waals surface area contributed by atoms with Crippen LogP contribution >= 0.6 is 11.6 Å². The summed E-state index contributed by atoms with van der Waals surface area (Å²) in [6.45, 7) is 3.70. The van der Waals surface area contributed by atoms with Gasteiger partial charge < -0.3 is 19.1 Å². The van der Waals surface area contributed by atoms with Crippen molar-refractivity contribution < 1.29 is 19.0 Å². The predicted molar refractivity (Wildman–Crippen MR) is 143 cm³/mol. The van der Waals surface area contributed by atoms with Gasteiger partial charge in [0, 0.05) is 24.1 Å². The monoisotopic (exact) mass is 523 g/mol. The van der Waals surface area contributed by atoms with Gasteiger partial charge in [-0.25, -0.2) is 4.68 Å². The number of ether oxygens (including phenoxy) is 3. The Labute approximate surface area is 223 Å². The molecule has 0 bridgehead atoms. The molecular weight excluding hydrogens is 490 g/mol. The van der Waals surface area contributed by atoms with Crippen molar-refractivity contribution in [3.63, 3.8) is 0 Å². The molecule has 5 rings (SSSR count). The van der Waals surface area contributed by atoms with Gasteiger partial charge in [-0.1, -0.05) is 36.6 Å². The number of nitrogens with zero attached hydrogens (tertiary/aromatic N) is 3. The second kappa shape index (κ2) is 11.6. The van der Waals surface area contributed by atoms with Gasteiger partial charge in [0.2, 0.25) is 11.8 Å². The van der Waals surface area contributed by atoms with Crippen molar-refractivity contribution in [2.75, 3.05) is 20.3 Å². The van der Waals surface area contributed by atoms with Crippen LogP contribution in [0.4, 0.5) is 0 Å². The molecule has 1 aliphatic carbocycles. The summed E-state index contributed by atoms with van der Waals surface area (Å²) >= 11 is 6.16. The molecule has 196 valence electrons. The Morgan fingerprint density at radius 3 is 2.49 bits per heavy atom. The van der Waals surface area contributed by atoms with Gasteiger partial charge in [0.1, 0.15) is 0 Å². The van der Waals surface area contributed by atoms with Gasteiger partial charge in [-0.15, -0.1) is 0 Å². The zero-order chi connectivity index (χ0) is 25.8. The molecule has 1 atom stereocenters. The number of halogens is 1. The fraction of sp³-hybridized carbons (Fsp3) is 0.448. The molecule has 1 aliphatic heterocycles. The molecule has 0 spiro atoms. The number of aromatic nitrogens is 2. The molecule has 2 heterocycles. The number of carbonyl (C=O) groups is 1. The van der Waals surface area contributed by atoms with Crippen LogP contribution in [-0.4, -0.2) is 47.0 Å². The maximum Gasteiger partial charge on any atom is 0.228 e. The third-order valence-electron chi connectivity index (χ3n) is 7.30. The fourth-order valence-corrected chi connectivity index (χ4v) is 5.40. The van der Waals surface area contributed by atoms with Gasteiger partial charge in [0.15, 0.2) is 11.5 Å². The molecule has 2 aliphatic rings. The van der Waals surface area contributed by atoms with E-state index in [0.29, 0.717) is 35.5 Å². The number of amides is 1. The molecule has 7 nitrogen and oxygen atoms in total. The van der Waals surface area contributed by atoms with Crippen molar-refractivity contribution in [2.45, 2.75) is 58.1 Å². The SMILES string of the molecule is COc1ccccc1Oc1c(CN(CC2CCCO2)C(=O)C2CCCC2)c(C)nn1-c1ccc(Cl)cc1. The van der Waals surface area contributed by atoms with Crippen LogP contribution in [0.15, 0.2) is 48.5 Å². The van der Waals surface area contributed by atoms with E-state index in [1.807, 2.05) is 60.4 Å². The number of aryl methyl sites for hydroxylation is 1. The normalized spacial score (nSPS) is 17.8. The largest absolute Gasteiger partial charge is 0.493 e. The van der Waals surface area contributed by atoms with Gasteiger partial charge in [0.25, 0.3) is 0 Å². The third kappa shape index (κ3) is 5.78. The molecular formula is C29H34ClN3O4. The summed E-state index contributed by atoms with van der Waals surface area (Å²) < 4.78 is 19.8. The van der Waals surface area contributed by atoms with E-state index in [2.05, 4.69) is 0 Å². The number of hydrogen-bond acceptors (Lipinski definition) is 5. The van der Waals surface area contributed by atoms with E-state index in [4.69, 9.17) is 30.9 Å². The number of hydrogen-bond donors (Lipinski definition) is 0. The zero-order valence-electron chi connectivity index (χ0n) is 21.5. The van der Waals surface area contributed by atoms with Gasteiger partial charge in [-0.2, -0.15) is 5.10 Å². The smallest absolute Gasteiger partial charge is 0.228 e. The molecule has 1 saturated carbocycles. The Kier molecular flexibility index (Phi) is 8.01. The lowest BCUT2D eigenvalue weighted by Gasteiger charge is -2.28. The molecule has 0 radical (unpaired) electrons. The standard InChI is InChI=1S/C29H34ClN3O4/c1-20-25(19-32(18-24-10-7-17-36-24)28(34)21-8-3-4-9-21)29(37-27-12-6-5-11-26(27)35-2)33(31-20)23-15-13-22(30)14-16-23/h5-6,11-16,21,24H,3-4,7-10,17-19H2,1-2H3. The maximum atomic E-state index is 13.7. The Morgan fingerprint density at radius 2 is 1.81 bits per heavy atom. The average Bonchev–Trinajstić information content (AvgIpc) is 3.68. The summed E-state index contributed by atoms with van der Waals surface area (Å²) in [7, 11) is 1.62. The fourth-order valence-electron chi connectivity index (χ4n) is 5.28. The second-order valence-corrected chi connectivity index (χ2v) is 10.3. The molecule has 8 heteroatoms. The second-order valence-electron chi connectivity index (χ2n) is 9.85. The van der Waals surface area contributed by atoms with Gasteiger partial charge >= 0.3 is 0 Å². The molecule has 1 amide bonds. The summed E-state index contributed by atoms with van der Waals surface area (Å²) in [6, 6.07) is 15.0. The van der Waals surface area contributed by atoms with E-state index >= 15 is 0 Å². The van der Waals surface area contributed by atoms with E-state index < -0.39 is 0 Å². The van der Waals surface area contributed by atoms with Crippen molar-refractivity contribution in [3.05, 3.63) is 64.8 Å². The van der Waals surface area contributed by atoms with E-state index in [0.717, 1.165) is 62.1 Å². The molecule has 37 heavy (non-hydrogen) atoms. The minimum absolute atomic E-state index is 0.0653. The van der Waals surface area contributed by atoms with Gasteiger partial charge in [0.05, 0.1) is 36.7 Å². The predicted octanol–water partition coefficient (Wildman–Crippen LogP) is 6.33. The molecule has 1 unspecified atom stereocenters. The van der Waals surface area contributed by atoms with Crippen LogP contribution in [0.1, 0.15) is 49.8 Å². The van der Waals surface area contributed by atoms with Crippen LogP contribution in [-0.2, 0) is 16.1 Å². The first-order chi connectivity index (χ1) is 18.0. The lowest BCUT2D eigenvalue weighted by atomic mass is 10.1. The first kappa shape index (κ1) is 25.6. The van der Waals surface area contributed by atoms with Crippen molar-refractivity contribution in [1.82, 2.24) is 14.7 Å². The molecule has 2 aromatic carbocycles. The summed E-state index contributed by atoms with van der Waals surface area (Å²) in [4.78, 5) is 15.7. The van der Waals surface area contributed by atoms with Crippen LogP contribution in [0.5, 0.6) is 17.4 Å². The van der Waals surface area contributed by atoms with Crippen molar-refractivity contribution >= 4 is 17.5 Å². The molecule has 1 aromatic heterocycles. The number of methoxy groups -OCH3 is 1. The summed E-state index contributed by atoms with van der Waals surface area (Å²) in [6.07, 6.45) is 6.20. The number of rotatable bonds is 9. The lowest BCUT2D eigenvalue weighted by Crippen LogP contribution is -2.40. The van der Waals surface area contributed by atoms with Gasteiger partial charge in [-0.05, 0) is 69.0 Å². The quantitative estimate of drug-likeness (QED) is 0.328. The molecule has 0 N–H and O–H groups in total. The Morgan fingerprint density at radius 1 is 1.08 bits per heavy atom. The summed E-state index contributed by atoms with van der Waals surface area (Å²) in [5.41, 5.74) is 2.48. The molecule has 2 fully saturated rings. The number of benzene rings is 2. The highest BCUT2D eigenvalue weighted by atomic mass is 35.5. The van der Waals surface area contributed by atoms with Crippen molar-refractivity contribution in [1.29, 1.82) is 0 Å². The average molecular weight is 524 g/mol. The Hall–Kier alpha value is -3.03. The van der Waals surface area contributed by atoms with Crippen LogP contribution in [0.25, 0.3) is 5.69 Å². The number of carbonyl (C=O) groups excluding carboxylic acids is 1. The van der Waals surface area contributed by atoms with Crippen molar-refractivity contribution in [2.24, 2.45) is 5.92 Å². The number of para-hydroxylation sites is 2. The van der Waals surface area contributed by atoms with Crippen LogP contribution in [0.3, 0.4) is 0 Å². The minimum Gasteiger partial charge on any atom is -0.493 e. The zero-order valence-corrected chi connectivity index (χ0v) is 22.2. The Balaban J connectivity index is 1.54. The molecule has 1 saturated heterocycles. The lowest BCUT2D eigenvalue weighted by molar-refractivity contribution is -0.137. The highest BCUT2D eigenvalue weighted by molar-refractivity contribution is 6.30. The van der Waals surface area contributed by atoms with Crippen LogP contribution < -0.4 is 9.47 Å². The first-order valence-corrected chi connectivity index (χ1v) is 13.5. The van der Waals surface area contributed by atoms with Gasteiger partial charge in [-0.3, -0.25) is 4.79 Å². The highest BCUT2D eigenvalue weighted by Crippen LogP contribution is 2.37. The molecule has 3 aromatic rings. The topological polar surface area (TPSA) is 65.8 Å². The minimum atomic E-state index is 0.0653. The Bertz CT molecular complexity index is 1210. The first-order valence-electron chi connectivity index (χ1n) is 13.1. The van der Waals surface area contributed by atoms with Crippen LogP contribution in [0.2, 0.25) is 5.02 Å². The highest BCUT2D eigenvalue weighted by Gasteiger charge is 2.32. The van der Waals surface area contributed by atoms with Crippen LogP contribution in [0, 0.1) is 12.8 Å². The summed E-state index contributed by atoms with van der Waals surface area (Å²) in [5, 5.41) is 5.49. The summed E-state index contributed by atoms with van der Waals surface area (Å²) in [5.74, 6) is 2.03. The maximum absolute atomic E-state index is 13.7. The van der Waals surface area contributed by atoms with E-state index in [1.165, 1.54) is 0 Å².